The Hall–Kier alpha value is -4.19. The van der Waals surface area contributed by atoms with Gasteiger partial charge in [-0.15, -0.1) is 0 Å². The Kier molecular flexibility index (Phi) is 6.82. The fourth-order valence-electron chi connectivity index (χ4n) is 3.57. The van der Waals surface area contributed by atoms with E-state index in [0.717, 1.165) is 12.8 Å². The standard InChI is InChI=1S/C22H22ClN7O5/c1-35-22(34)25-12-5-8-15-14(9-12)20(21(24)33)28-30(15)11-19(32)29(13-6-7-13)10-18(31)27-17-4-2-3-16(23)26-17/h2-5,8-9,13H,6-7,10-11H2,1H3,(H2,24,33)(H,25,34)(H,26,27,31). The van der Waals surface area contributed by atoms with E-state index in [1.807, 2.05) is 0 Å². The van der Waals surface area contributed by atoms with Crippen LogP contribution in [0.4, 0.5) is 16.3 Å². The maximum absolute atomic E-state index is 13.2. The van der Waals surface area contributed by atoms with Gasteiger partial charge in [0.25, 0.3) is 5.91 Å². The normalized spacial score (nSPS) is 12.7. The smallest absolute Gasteiger partial charge is 0.411 e. The second-order valence-corrected chi connectivity index (χ2v) is 8.25. The number of primary amides is 1. The highest BCUT2D eigenvalue weighted by molar-refractivity contribution is 6.29. The lowest BCUT2D eigenvalue weighted by Crippen LogP contribution is -2.41. The number of ether oxygens (including phenoxy) is 1. The van der Waals surface area contributed by atoms with Crippen molar-refractivity contribution in [1.82, 2.24) is 19.7 Å². The van der Waals surface area contributed by atoms with Crippen LogP contribution >= 0.6 is 11.6 Å². The third-order valence-electron chi connectivity index (χ3n) is 5.31. The van der Waals surface area contributed by atoms with Crippen LogP contribution in [0.2, 0.25) is 5.15 Å². The van der Waals surface area contributed by atoms with E-state index < -0.39 is 17.9 Å². The van der Waals surface area contributed by atoms with Gasteiger partial charge in [0, 0.05) is 17.1 Å². The van der Waals surface area contributed by atoms with Crippen LogP contribution in [0.1, 0.15) is 23.3 Å². The number of carbonyl (C=O) groups excluding carboxylic acids is 4. The molecule has 1 aliphatic carbocycles. The monoisotopic (exact) mass is 499 g/mol. The first kappa shape index (κ1) is 24.0. The number of nitrogens with two attached hydrogens (primary N) is 1. The minimum absolute atomic E-state index is 0.0518. The number of anilines is 2. The number of hydrogen-bond acceptors (Lipinski definition) is 7. The van der Waals surface area contributed by atoms with E-state index in [0.29, 0.717) is 16.6 Å². The number of pyridine rings is 1. The molecule has 0 spiro atoms. The molecule has 1 fully saturated rings. The summed E-state index contributed by atoms with van der Waals surface area (Å²) in [6.07, 6.45) is 0.881. The van der Waals surface area contributed by atoms with E-state index in [1.165, 1.54) is 22.8 Å². The average molecular weight is 500 g/mol. The zero-order valence-corrected chi connectivity index (χ0v) is 19.4. The van der Waals surface area contributed by atoms with E-state index in [-0.39, 0.29) is 41.7 Å². The number of halogens is 1. The van der Waals surface area contributed by atoms with Crippen molar-refractivity contribution in [3.05, 3.63) is 47.2 Å². The summed E-state index contributed by atoms with van der Waals surface area (Å²) in [4.78, 5) is 54.7. The van der Waals surface area contributed by atoms with Gasteiger partial charge in [-0.05, 0) is 43.2 Å². The molecule has 2 heterocycles. The predicted octanol–water partition coefficient (Wildman–Crippen LogP) is 1.99. The van der Waals surface area contributed by atoms with Gasteiger partial charge in [-0.3, -0.25) is 24.4 Å². The molecule has 35 heavy (non-hydrogen) atoms. The number of benzene rings is 1. The third-order valence-corrected chi connectivity index (χ3v) is 5.52. The molecule has 12 nitrogen and oxygen atoms in total. The molecule has 0 unspecified atom stereocenters. The van der Waals surface area contributed by atoms with Crippen molar-refractivity contribution in [2.75, 3.05) is 24.3 Å². The summed E-state index contributed by atoms with van der Waals surface area (Å²) in [6.45, 7) is -0.389. The molecule has 1 aliphatic rings. The van der Waals surface area contributed by atoms with Crippen molar-refractivity contribution in [3.63, 3.8) is 0 Å². The van der Waals surface area contributed by atoms with E-state index in [2.05, 4.69) is 25.5 Å². The summed E-state index contributed by atoms with van der Waals surface area (Å²) in [7, 11) is 1.23. The Morgan fingerprint density at radius 3 is 2.63 bits per heavy atom. The van der Waals surface area contributed by atoms with Crippen LogP contribution in [0.15, 0.2) is 36.4 Å². The van der Waals surface area contributed by atoms with Crippen LogP contribution in [0.25, 0.3) is 10.9 Å². The Morgan fingerprint density at radius 2 is 1.97 bits per heavy atom. The van der Waals surface area contributed by atoms with Crippen molar-refractivity contribution in [3.8, 4) is 0 Å². The van der Waals surface area contributed by atoms with Gasteiger partial charge < -0.3 is 20.7 Å². The molecular formula is C22H22ClN7O5. The summed E-state index contributed by atoms with van der Waals surface area (Å²) in [5.41, 5.74) is 6.26. The van der Waals surface area contributed by atoms with Crippen molar-refractivity contribution >= 4 is 57.8 Å². The van der Waals surface area contributed by atoms with E-state index in [4.69, 9.17) is 17.3 Å². The van der Waals surface area contributed by atoms with Crippen LogP contribution in [-0.4, -0.2) is 63.2 Å². The van der Waals surface area contributed by atoms with E-state index in [1.54, 1.807) is 30.3 Å². The Bertz CT molecular complexity index is 1320. The summed E-state index contributed by atoms with van der Waals surface area (Å²) >= 11 is 5.85. The highest BCUT2D eigenvalue weighted by Gasteiger charge is 2.34. The number of hydrogen-bond donors (Lipinski definition) is 3. The van der Waals surface area contributed by atoms with E-state index >= 15 is 0 Å². The van der Waals surface area contributed by atoms with Gasteiger partial charge in [0.05, 0.1) is 12.6 Å². The summed E-state index contributed by atoms with van der Waals surface area (Å²) in [5, 5.41) is 9.95. The third kappa shape index (κ3) is 5.66. The first-order valence-corrected chi connectivity index (χ1v) is 11.0. The van der Waals surface area contributed by atoms with Gasteiger partial charge in [0.15, 0.2) is 5.69 Å². The minimum atomic E-state index is -0.788. The summed E-state index contributed by atoms with van der Waals surface area (Å²) < 4.78 is 5.93. The number of aromatic nitrogens is 3. The first-order chi connectivity index (χ1) is 16.7. The summed E-state index contributed by atoms with van der Waals surface area (Å²) in [6, 6.07) is 9.47. The van der Waals surface area contributed by atoms with Crippen molar-refractivity contribution in [1.29, 1.82) is 0 Å². The highest BCUT2D eigenvalue weighted by Crippen LogP contribution is 2.28. The molecule has 3 aromatic rings. The zero-order valence-electron chi connectivity index (χ0n) is 18.7. The van der Waals surface area contributed by atoms with Crippen molar-refractivity contribution in [2.45, 2.75) is 25.4 Å². The number of amides is 4. The fraction of sp³-hybridized carbons (Fsp3) is 0.273. The fourth-order valence-corrected chi connectivity index (χ4v) is 3.73. The predicted molar refractivity (Wildman–Crippen MR) is 127 cm³/mol. The Morgan fingerprint density at radius 1 is 1.20 bits per heavy atom. The first-order valence-electron chi connectivity index (χ1n) is 10.6. The molecular weight excluding hydrogens is 478 g/mol. The van der Waals surface area contributed by atoms with Crippen LogP contribution in [-0.2, 0) is 20.9 Å². The number of methoxy groups -OCH3 is 1. The molecule has 0 aliphatic heterocycles. The lowest BCUT2D eigenvalue weighted by molar-refractivity contribution is -0.135. The van der Waals surface area contributed by atoms with Gasteiger partial charge in [-0.1, -0.05) is 17.7 Å². The van der Waals surface area contributed by atoms with Crippen LogP contribution in [0.3, 0.4) is 0 Å². The number of carbonyl (C=O) groups is 4. The molecule has 13 heteroatoms. The molecule has 1 saturated carbocycles. The van der Waals surface area contributed by atoms with Crippen LogP contribution in [0, 0.1) is 0 Å². The zero-order chi connectivity index (χ0) is 25.1. The number of fused-ring (bicyclic) bond motifs is 1. The maximum atomic E-state index is 13.2. The Labute approximate surface area is 204 Å². The Balaban J connectivity index is 1.53. The molecule has 4 N–H and O–H groups in total. The molecule has 0 bridgehead atoms. The van der Waals surface area contributed by atoms with Gasteiger partial charge in [-0.2, -0.15) is 5.10 Å². The molecule has 4 rings (SSSR count). The van der Waals surface area contributed by atoms with Crippen LogP contribution < -0.4 is 16.4 Å². The second kappa shape index (κ2) is 9.97. The van der Waals surface area contributed by atoms with Gasteiger partial charge in [-0.25, -0.2) is 9.78 Å². The van der Waals surface area contributed by atoms with Gasteiger partial charge >= 0.3 is 6.09 Å². The van der Waals surface area contributed by atoms with E-state index in [9.17, 15) is 19.2 Å². The van der Waals surface area contributed by atoms with Crippen molar-refractivity contribution in [2.24, 2.45) is 5.73 Å². The number of nitrogens with zero attached hydrogens (tertiary/aromatic N) is 4. The van der Waals surface area contributed by atoms with Gasteiger partial charge in [0.2, 0.25) is 11.8 Å². The highest BCUT2D eigenvalue weighted by atomic mass is 35.5. The lowest BCUT2D eigenvalue weighted by atomic mass is 10.2. The summed E-state index contributed by atoms with van der Waals surface area (Å²) in [5.74, 6) is -1.27. The van der Waals surface area contributed by atoms with Crippen molar-refractivity contribution < 1.29 is 23.9 Å². The number of rotatable bonds is 8. The second-order valence-electron chi connectivity index (χ2n) is 7.87. The number of nitrogens with one attached hydrogen (secondary N) is 2. The maximum Gasteiger partial charge on any atom is 0.411 e. The molecule has 2 aromatic heterocycles. The topological polar surface area (TPSA) is 162 Å². The minimum Gasteiger partial charge on any atom is -0.453 e. The molecule has 0 radical (unpaired) electrons. The molecule has 4 amide bonds. The molecule has 0 atom stereocenters. The molecule has 0 saturated heterocycles. The quantitative estimate of drug-likeness (QED) is 0.399. The van der Waals surface area contributed by atoms with Gasteiger partial charge in [0.1, 0.15) is 24.1 Å². The SMILES string of the molecule is COC(=O)Nc1ccc2c(c1)c(C(N)=O)nn2CC(=O)N(CC(=O)Nc1cccc(Cl)n1)C1CC1. The lowest BCUT2D eigenvalue weighted by Gasteiger charge is -2.22. The average Bonchev–Trinajstić information content (AvgIpc) is 3.59. The van der Waals surface area contributed by atoms with Crippen LogP contribution in [0.5, 0.6) is 0 Å². The molecule has 1 aromatic carbocycles. The largest absolute Gasteiger partial charge is 0.453 e. The molecule has 182 valence electrons.